The number of ether oxygens (including phenoxy) is 1. The van der Waals surface area contributed by atoms with Crippen LogP contribution in [0.25, 0.3) is 0 Å². The van der Waals surface area contributed by atoms with Gasteiger partial charge in [0.25, 0.3) is 0 Å². The van der Waals surface area contributed by atoms with E-state index in [0.29, 0.717) is 18.7 Å². The fraction of sp³-hybridized carbons (Fsp3) is 0.391. The number of esters is 1. The van der Waals surface area contributed by atoms with Gasteiger partial charge in [-0.3, -0.25) is 0 Å². The van der Waals surface area contributed by atoms with Crippen molar-refractivity contribution in [1.29, 1.82) is 0 Å². The van der Waals surface area contributed by atoms with E-state index in [9.17, 15) is 14.7 Å². The van der Waals surface area contributed by atoms with Gasteiger partial charge in [-0.25, -0.2) is 9.59 Å². The Morgan fingerprint density at radius 3 is 2.71 bits per heavy atom. The molecule has 1 aromatic carbocycles. The highest BCUT2D eigenvalue weighted by Crippen LogP contribution is 2.34. The molecule has 148 valence electrons. The molecule has 0 radical (unpaired) electrons. The summed E-state index contributed by atoms with van der Waals surface area (Å²) in [5, 5.41) is 9.67. The van der Waals surface area contributed by atoms with Crippen molar-refractivity contribution in [3.63, 3.8) is 0 Å². The number of allylic oxidation sites excluding steroid dienone is 2. The molecule has 5 nitrogen and oxygen atoms in total. The summed E-state index contributed by atoms with van der Waals surface area (Å²) in [6.45, 7) is 6.68. The Hall–Kier alpha value is -2.82. The van der Waals surface area contributed by atoms with Gasteiger partial charge >= 0.3 is 12.1 Å². The Morgan fingerprint density at radius 2 is 2.00 bits per heavy atom. The fourth-order valence-electron chi connectivity index (χ4n) is 3.81. The maximum Gasteiger partial charge on any atom is 0.407 e. The van der Waals surface area contributed by atoms with E-state index in [1.54, 1.807) is 0 Å². The molecule has 2 aliphatic rings. The number of fused-ring (bicyclic) bond motifs is 1. The van der Waals surface area contributed by atoms with Crippen LogP contribution >= 0.6 is 0 Å². The quantitative estimate of drug-likeness (QED) is 0.466. The van der Waals surface area contributed by atoms with Crippen LogP contribution in [0, 0.1) is 5.92 Å². The Morgan fingerprint density at radius 1 is 1.25 bits per heavy atom. The molecule has 1 N–H and O–H groups in total. The van der Waals surface area contributed by atoms with Gasteiger partial charge in [0.05, 0.1) is 0 Å². The molecule has 1 fully saturated rings. The first kappa shape index (κ1) is 19.9. The Balaban J connectivity index is 1.74. The minimum Gasteiger partial charge on any atom is -0.465 e. The summed E-state index contributed by atoms with van der Waals surface area (Å²) in [4.78, 5) is 25.2. The predicted octanol–water partition coefficient (Wildman–Crippen LogP) is 4.71. The molecule has 1 amide bonds. The number of rotatable bonds is 4. The van der Waals surface area contributed by atoms with E-state index in [2.05, 4.69) is 12.7 Å². The molecule has 1 aromatic rings. The van der Waals surface area contributed by atoms with E-state index in [4.69, 9.17) is 4.74 Å². The smallest absolute Gasteiger partial charge is 0.407 e. The molecule has 0 aromatic heterocycles. The van der Waals surface area contributed by atoms with Crippen LogP contribution in [-0.2, 0) is 16.1 Å². The average molecular weight is 381 g/mol. The first-order valence-corrected chi connectivity index (χ1v) is 9.71. The SMILES string of the molecule is C=C1C(=O)O[C@@H]2/C=C(\C)CC/C=C(\CN(Cc3ccccc3)C(=O)O)CC[C@H]12. The number of hydrogen-bond donors (Lipinski definition) is 1. The lowest BCUT2D eigenvalue weighted by atomic mass is 9.87. The van der Waals surface area contributed by atoms with Crippen molar-refractivity contribution >= 4 is 12.1 Å². The molecule has 28 heavy (non-hydrogen) atoms. The zero-order valence-corrected chi connectivity index (χ0v) is 16.3. The first-order valence-electron chi connectivity index (χ1n) is 9.71. The van der Waals surface area contributed by atoms with E-state index >= 15 is 0 Å². The van der Waals surface area contributed by atoms with Crippen molar-refractivity contribution in [2.75, 3.05) is 6.54 Å². The standard InChI is InChI=1S/C23H27NO4/c1-16-7-6-10-19(11-12-20-17(2)22(25)28-21(20)13-16)15-24(23(26)27)14-18-8-4-3-5-9-18/h3-5,8-10,13,20-21H,2,6-7,11-12,14-15H2,1H3,(H,26,27)/b16-13+,19-10-/t20-,21-/m1/s1. The van der Waals surface area contributed by atoms with Gasteiger partial charge in [-0.1, -0.05) is 54.1 Å². The Labute approximate surface area is 166 Å². The molecular weight excluding hydrogens is 354 g/mol. The van der Waals surface area contributed by atoms with Crippen LogP contribution in [0.5, 0.6) is 0 Å². The van der Waals surface area contributed by atoms with Crippen molar-refractivity contribution in [2.45, 2.75) is 45.3 Å². The second-order valence-corrected chi connectivity index (χ2v) is 7.58. The molecule has 1 aliphatic heterocycles. The van der Waals surface area contributed by atoms with Crippen LogP contribution in [0.4, 0.5) is 4.79 Å². The summed E-state index contributed by atoms with van der Waals surface area (Å²) >= 11 is 0. The van der Waals surface area contributed by atoms with E-state index in [-0.39, 0.29) is 18.0 Å². The van der Waals surface area contributed by atoms with Crippen LogP contribution in [0.2, 0.25) is 0 Å². The van der Waals surface area contributed by atoms with Crippen molar-refractivity contribution in [3.05, 3.63) is 71.3 Å². The highest BCUT2D eigenvalue weighted by atomic mass is 16.5. The second kappa shape index (κ2) is 8.91. The van der Waals surface area contributed by atoms with E-state index in [0.717, 1.165) is 36.8 Å². The molecule has 1 aliphatic carbocycles. The number of benzene rings is 1. The number of carbonyl (C=O) groups is 2. The summed E-state index contributed by atoms with van der Waals surface area (Å²) in [7, 11) is 0. The topological polar surface area (TPSA) is 66.8 Å². The van der Waals surface area contributed by atoms with Crippen LogP contribution in [0.15, 0.2) is 65.8 Å². The van der Waals surface area contributed by atoms with Gasteiger partial charge in [-0.15, -0.1) is 0 Å². The lowest BCUT2D eigenvalue weighted by Crippen LogP contribution is -2.31. The summed E-state index contributed by atoms with van der Waals surface area (Å²) in [6.07, 6.45) is 6.17. The summed E-state index contributed by atoms with van der Waals surface area (Å²) < 4.78 is 5.47. The highest BCUT2D eigenvalue weighted by molar-refractivity contribution is 5.91. The van der Waals surface area contributed by atoms with Crippen LogP contribution in [0.3, 0.4) is 0 Å². The molecule has 1 heterocycles. The molecule has 3 rings (SSSR count). The van der Waals surface area contributed by atoms with Gasteiger partial charge in [0.2, 0.25) is 0 Å². The van der Waals surface area contributed by atoms with E-state index < -0.39 is 6.09 Å². The van der Waals surface area contributed by atoms with Gasteiger partial charge < -0.3 is 14.7 Å². The zero-order valence-electron chi connectivity index (χ0n) is 16.3. The highest BCUT2D eigenvalue weighted by Gasteiger charge is 2.37. The van der Waals surface area contributed by atoms with Crippen molar-refractivity contribution < 1.29 is 19.4 Å². The lowest BCUT2D eigenvalue weighted by molar-refractivity contribution is -0.137. The predicted molar refractivity (Wildman–Crippen MR) is 108 cm³/mol. The number of nitrogens with zero attached hydrogens (tertiary/aromatic N) is 1. The second-order valence-electron chi connectivity index (χ2n) is 7.58. The average Bonchev–Trinajstić information content (AvgIpc) is 2.92. The Kier molecular flexibility index (Phi) is 6.34. The number of amides is 1. The van der Waals surface area contributed by atoms with Crippen molar-refractivity contribution in [1.82, 2.24) is 4.90 Å². The molecule has 0 unspecified atom stereocenters. The molecule has 5 heteroatoms. The van der Waals surface area contributed by atoms with Gasteiger partial charge in [-0.2, -0.15) is 0 Å². The maximum atomic E-state index is 11.9. The molecule has 0 spiro atoms. The van der Waals surface area contributed by atoms with Crippen LogP contribution in [-0.4, -0.2) is 34.7 Å². The molecule has 0 saturated carbocycles. The van der Waals surface area contributed by atoms with E-state index in [1.165, 1.54) is 10.5 Å². The fourth-order valence-corrected chi connectivity index (χ4v) is 3.81. The third kappa shape index (κ3) is 4.91. The largest absolute Gasteiger partial charge is 0.465 e. The molecular formula is C23H27NO4. The molecule has 1 saturated heterocycles. The minimum absolute atomic E-state index is 0.0450. The monoisotopic (exact) mass is 381 g/mol. The van der Waals surface area contributed by atoms with Gasteiger partial charge in [0.1, 0.15) is 6.10 Å². The molecule has 0 bridgehead atoms. The third-order valence-electron chi connectivity index (χ3n) is 5.43. The van der Waals surface area contributed by atoms with E-state index in [1.807, 2.05) is 43.3 Å². The summed E-state index contributed by atoms with van der Waals surface area (Å²) in [6, 6.07) is 9.61. The van der Waals surface area contributed by atoms with Crippen molar-refractivity contribution in [3.8, 4) is 0 Å². The summed E-state index contributed by atoms with van der Waals surface area (Å²) in [5.74, 6) is -0.364. The maximum absolute atomic E-state index is 11.9. The number of hydrogen-bond acceptors (Lipinski definition) is 3. The first-order chi connectivity index (χ1) is 13.4. The lowest BCUT2D eigenvalue weighted by Gasteiger charge is -2.23. The van der Waals surface area contributed by atoms with Gasteiger partial charge in [0.15, 0.2) is 0 Å². The van der Waals surface area contributed by atoms with Crippen LogP contribution < -0.4 is 0 Å². The third-order valence-corrected chi connectivity index (χ3v) is 5.43. The molecule has 2 atom stereocenters. The zero-order chi connectivity index (χ0) is 20.1. The Bertz CT molecular complexity index is 809. The van der Waals surface area contributed by atoms with Crippen LogP contribution in [0.1, 0.15) is 38.2 Å². The number of carboxylic acid groups (broad SMARTS) is 1. The minimum atomic E-state index is -0.931. The number of carbonyl (C=O) groups excluding carboxylic acids is 1. The summed E-state index contributed by atoms with van der Waals surface area (Å²) in [5.41, 5.74) is 3.74. The normalized spacial score (nSPS) is 26.3. The van der Waals surface area contributed by atoms with Crippen molar-refractivity contribution in [2.24, 2.45) is 5.92 Å². The van der Waals surface area contributed by atoms with Gasteiger partial charge in [0, 0.05) is 24.6 Å². The van der Waals surface area contributed by atoms with Gasteiger partial charge in [-0.05, 0) is 44.2 Å².